The van der Waals surface area contributed by atoms with E-state index in [0.29, 0.717) is 5.92 Å². The second-order valence-electron chi connectivity index (χ2n) is 3.56. The van der Waals surface area contributed by atoms with Crippen molar-refractivity contribution >= 4 is 15.9 Å². The second kappa shape index (κ2) is 5.20. The van der Waals surface area contributed by atoms with E-state index in [1.807, 2.05) is 18.2 Å². The molecule has 0 aromatic heterocycles. The summed E-state index contributed by atoms with van der Waals surface area (Å²) in [4.78, 5) is 0. The summed E-state index contributed by atoms with van der Waals surface area (Å²) in [5, 5.41) is 0. The summed E-state index contributed by atoms with van der Waals surface area (Å²) in [5.74, 6) is 1.39. The molecule has 0 saturated heterocycles. The third kappa shape index (κ3) is 3.54. The van der Waals surface area contributed by atoms with Crippen molar-refractivity contribution in [3.05, 3.63) is 40.9 Å². The normalized spacial score (nSPS) is 10.3. The van der Waals surface area contributed by atoms with Crippen molar-refractivity contribution in [1.82, 2.24) is 0 Å². The summed E-state index contributed by atoms with van der Waals surface area (Å²) < 4.78 is 6.58. The molecule has 14 heavy (non-hydrogen) atoms. The molecule has 0 spiro atoms. The molecular formula is C12H14BrO. The van der Waals surface area contributed by atoms with Crippen molar-refractivity contribution in [2.45, 2.75) is 13.8 Å². The van der Waals surface area contributed by atoms with Gasteiger partial charge in [0.15, 0.2) is 0 Å². The lowest BCUT2D eigenvalue weighted by molar-refractivity contribution is 0.271. The fourth-order valence-electron chi connectivity index (χ4n) is 1.01. The van der Waals surface area contributed by atoms with E-state index in [0.717, 1.165) is 22.4 Å². The van der Waals surface area contributed by atoms with Crippen LogP contribution < -0.4 is 4.74 Å². The SMILES string of the molecule is C=[C]c1cc(Br)cc(OCC(C)C)c1. The maximum Gasteiger partial charge on any atom is 0.121 e. The van der Waals surface area contributed by atoms with Crippen LogP contribution in [0.5, 0.6) is 5.75 Å². The van der Waals surface area contributed by atoms with E-state index < -0.39 is 0 Å². The lowest BCUT2D eigenvalue weighted by Crippen LogP contribution is -2.04. The van der Waals surface area contributed by atoms with Gasteiger partial charge in [0.05, 0.1) is 6.61 Å². The Kier molecular flexibility index (Phi) is 4.21. The monoisotopic (exact) mass is 253 g/mol. The third-order valence-electron chi connectivity index (χ3n) is 1.66. The zero-order chi connectivity index (χ0) is 10.6. The van der Waals surface area contributed by atoms with Gasteiger partial charge in [0.1, 0.15) is 5.75 Å². The van der Waals surface area contributed by atoms with Crippen LogP contribution in [-0.4, -0.2) is 6.61 Å². The Morgan fingerprint density at radius 3 is 2.71 bits per heavy atom. The number of rotatable bonds is 4. The van der Waals surface area contributed by atoms with Crippen LogP contribution in [0, 0.1) is 12.0 Å². The highest BCUT2D eigenvalue weighted by Crippen LogP contribution is 2.21. The standard InChI is InChI=1S/C12H14BrO/c1-4-10-5-11(13)7-12(6-10)14-8-9(2)3/h5-7,9H,1,8H2,2-3H3. The predicted octanol–water partition coefficient (Wildman–Crippen LogP) is 3.82. The average Bonchev–Trinajstić information content (AvgIpc) is 2.14. The van der Waals surface area contributed by atoms with Gasteiger partial charge in [0, 0.05) is 4.47 Å². The van der Waals surface area contributed by atoms with Gasteiger partial charge in [-0.1, -0.05) is 36.4 Å². The third-order valence-corrected chi connectivity index (χ3v) is 2.12. The van der Waals surface area contributed by atoms with Gasteiger partial charge in [-0.25, -0.2) is 0 Å². The number of benzene rings is 1. The molecule has 1 radical (unpaired) electrons. The lowest BCUT2D eigenvalue weighted by atomic mass is 10.2. The van der Waals surface area contributed by atoms with Crippen LogP contribution >= 0.6 is 15.9 Å². The van der Waals surface area contributed by atoms with Crippen molar-refractivity contribution in [1.29, 1.82) is 0 Å². The highest BCUT2D eigenvalue weighted by atomic mass is 79.9. The van der Waals surface area contributed by atoms with Gasteiger partial charge < -0.3 is 4.74 Å². The van der Waals surface area contributed by atoms with E-state index in [4.69, 9.17) is 4.74 Å². The Labute approximate surface area is 93.9 Å². The molecular weight excluding hydrogens is 240 g/mol. The van der Waals surface area contributed by atoms with Crippen molar-refractivity contribution in [3.8, 4) is 5.75 Å². The molecule has 0 saturated carbocycles. The van der Waals surface area contributed by atoms with Crippen LogP contribution in [0.2, 0.25) is 0 Å². The van der Waals surface area contributed by atoms with Gasteiger partial charge in [-0.3, -0.25) is 0 Å². The highest BCUT2D eigenvalue weighted by Gasteiger charge is 2.00. The lowest BCUT2D eigenvalue weighted by Gasteiger charge is -2.09. The van der Waals surface area contributed by atoms with Gasteiger partial charge in [-0.05, 0) is 35.8 Å². The van der Waals surface area contributed by atoms with Gasteiger partial charge >= 0.3 is 0 Å². The molecule has 1 aromatic rings. The van der Waals surface area contributed by atoms with Gasteiger partial charge in [-0.2, -0.15) is 0 Å². The minimum Gasteiger partial charge on any atom is -0.493 e. The molecule has 0 amide bonds. The molecule has 0 bridgehead atoms. The highest BCUT2D eigenvalue weighted by molar-refractivity contribution is 9.10. The van der Waals surface area contributed by atoms with E-state index in [2.05, 4.69) is 42.4 Å². The van der Waals surface area contributed by atoms with E-state index in [1.54, 1.807) is 0 Å². The Morgan fingerprint density at radius 1 is 1.43 bits per heavy atom. The smallest absolute Gasteiger partial charge is 0.121 e. The summed E-state index contributed by atoms with van der Waals surface area (Å²) in [6, 6.07) is 5.83. The molecule has 1 aromatic carbocycles. The fraction of sp³-hybridized carbons (Fsp3) is 0.333. The van der Waals surface area contributed by atoms with Crippen LogP contribution in [0.25, 0.3) is 0 Å². The maximum absolute atomic E-state index is 5.59. The summed E-state index contributed by atoms with van der Waals surface area (Å²) >= 11 is 3.41. The molecule has 0 aliphatic rings. The molecule has 0 aliphatic heterocycles. The molecule has 0 N–H and O–H groups in total. The van der Waals surface area contributed by atoms with E-state index in [-0.39, 0.29) is 0 Å². The number of ether oxygens (including phenoxy) is 1. The molecule has 1 rings (SSSR count). The number of halogens is 1. The summed E-state index contributed by atoms with van der Waals surface area (Å²) in [6.07, 6.45) is 2.84. The van der Waals surface area contributed by atoms with Crippen LogP contribution in [-0.2, 0) is 0 Å². The molecule has 0 fully saturated rings. The average molecular weight is 254 g/mol. The topological polar surface area (TPSA) is 9.23 Å². The summed E-state index contributed by atoms with van der Waals surface area (Å²) in [6.45, 7) is 8.58. The first-order valence-electron chi connectivity index (χ1n) is 4.58. The van der Waals surface area contributed by atoms with Crippen molar-refractivity contribution in [3.63, 3.8) is 0 Å². The second-order valence-corrected chi connectivity index (χ2v) is 4.47. The van der Waals surface area contributed by atoms with Gasteiger partial charge in [0.25, 0.3) is 0 Å². The quantitative estimate of drug-likeness (QED) is 0.793. The molecule has 2 heteroatoms. The zero-order valence-corrected chi connectivity index (χ0v) is 10.1. The maximum atomic E-state index is 5.59. The van der Waals surface area contributed by atoms with Gasteiger partial charge in [-0.15, -0.1) is 0 Å². The van der Waals surface area contributed by atoms with Crippen molar-refractivity contribution in [2.75, 3.05) is 6.61 Å². The van der Waals surface area contributed by atoms with Crippen LogP contribution in [0.4, 0.5) is 0 Å². The Balaban J connectivity index is 2.76. The molecule has 0 atom stereocenters. The molecule has 75 valence electrons. The number of hydrogen-bond donors (Lipinski definition) is 0. The Morgan fingerprint density at radius 2 is 2.14 bits per heavy atom. The predicted molar refractivity (Wildman–Crippen MR) is 62.4 cm³/mol. The molecule has 1 nitrogen and oxygen atoms in total. The first-order valence-corrected chi connectivity index (χ1v) is 5.37. The molecule has 0 unspecified atom stereocenters. The fourth-order valence-corrected chi connectivity index (χ4v) is 1.48. The van der Waals surface area contributed by atoms with Crippen molar-refractivity contribution < 1.29 is 4.74 Å². The van der Waals surface area contributed by atoms with Crippen LogP contribution in [0.1, 0.15) is 19.4 Å². The zero-order valence-electron chi connectivity index (χ0n) is 8.51. The Hall–Kier alpha value is -0.760. The summed E-state index contributed by atoms with van der Waals surface area (Å²) in [7, 11) is 0. The summed E-state index contributed by atoms with van der Waals surface area (Å²) in [5.41, 5.74) is 0.943. The first-order chi connectivity index (χ1) is 6.61. The van der Waals surface area contributed by atoms with Gasteiger partial charge in [0.2, 0.25) is 0 Å². The molecule has 0 aliphatic carbocycles. The molecule has 0 heterocycles. The Bertz CT molecular complexity index is 318. The van der Waals surface area contributed by atoms with Crippen LogP contribution in [0.15, 0.2) is 29.3 Å². The van der Waals surface area contributed by atoms with E-state index in [9.17, 15) is 0 Å². The number of hydrogen-bond acceptors (Lipinski definition) is 1. The van der Waals surface area contributed by atoms with Crippen molar-refractivity contribution in [2.24, 2.45) is 5.92 Å². The largest absolute Gasteiger partial charge is 0.493 e. The first kappa shape index (κ1) is 11.3. The van der Waals surface area contributed by atoms with E-state index in [1.165, 1.54) is 0 Å². The minimum atomic E-state index is 0.533. The van der Waals surface area contributed by atoms with Crippen LogP contribution in [0.3, 0.4) is 0 Å². The minimum absolute atomic E-state index is 0.533. The van der Waals surface area contributed by atoms with E-state index >= 15 is 0 Å².